The van der Waals surface area contributed by atoms with Gasteiger partial charge < -0.3 is 0 Å². The molecule has 5 nitrogen and oxygen atoms in total. The van der Waals surface area contributed by atoms with Crippen molar-refractivity contribution in [1.29, 1.82) is 0 Å². The van der Waals surface area contributed by atoms with Crippen molar-refractivity contribution in [2.75, 3.05) is 5.32 Å². The number of halogens is 3. The lowest BCUT2D eigenvalue weighted by atomic mass is 10.4. The quantitative estimate of drug-likeness (QED) is 0.846. The van der Waals surface area contributed by atoms with Gasteiger partial charge in [-0.1, -0.05) is 41.7 Å². The predicted octanol–water partition coefficient (Wildman–Crippen LogP) is 2.36. The molecule has 1 amide bonds. The summed E-state index contributed by atoms with van der Waals surface area (Å²) in [7, 11) is 0. The maximum Gasteiger partial charge on any atom is 0.250 e. The van der Waals surface area contributed by atoms with Crippen molar-refractivity contribution in [1.82, 2.24) is 15.0 Å². The fourth-order valence-electron chi connectivity index (χ4n) is 0.878. The van der Waals surface area contributed by atoms with E-state index in [0.29, 0.717) is 12.2 Å². The zero-order valence-electron chi connectivity index (χ0n) is 8.59. The molecule has 0 fully saturated rings. The van der Waals surface area contributed by atoms with Gasteiger partial charge in [-0.2, -0.15) is 9.97 Å². The largest absolute Gasteiger partial charge is 0.294 e. The second-order valence-corrected chi connectivity index (χ2v) is 5.21. The van der Waals surface area contributed by atoms with Crippen molar-refractivity contribution >= 4 is 46.7 Å². The molecule has 0 saturated carbocycles. The summed E-state index contributed by atoms with van der Waals surface area (Å²) >= 11 is 16.9. The van der Waals surface area contributed by atoms with Crippen LogP contribution in [0.1, 0.15) is 25.0 Å². The molecule has 0 aliphatic heterocycles. The Hall–Kier alpha value is -0.650. The van der Waals surface area contributed by atoms with Crippen LogP contribution in [0.15, 0.2) is 0 Å². The molecule has 0 saturated heterocycles. The predicted molar refractivity (Wildman–Crippen MR) is 62.7 cm³/mol. The van der Waals surface area contributed by atoms with Crippen LogP contribution in [-0.2, 0) is 8.59 Å². The molecule has 88 valence electrons. The number of hydrogen-bond donors (Lipinski definition) is 1. The molecule has 0 bridgehead atoms. The van der Waals surface area contributed by atoms with E-state index in [2.05, 4.69) is 20.3 Å². The normalized spacial score (nSPS) is 11.3. The van der Waals surface area contributed by atoms with Crippen LogP contribution in [0.25, 0.3) is 0 Å². The molecule has 0 unspecified atom stereocenters. The van der Waals surface area contributed by atoms with Gasteiger partial charge in [0, 0.05) is 6.42 Å². The highest BCUT2D eigenvalue weighted by Crippen LogP contribution is 2.35. The molecule has 1 N–H and O–H groups in total. The van der Waals surface area contributed by atoms with Gasteiger partial charge in [-0.05, 0) is 6.92 Å². The Morgan fingerprint density at radius 1 is 1.31 bits per heavy atom. The number of nitrogens with one attached hydrogen (secondary N) is 1. The number of carbonyl (C=O) groups is 1. The van der Waals surface area contributed by atoms with Crippen LogP contribution < -0.4 is 5.32 Å². The zero-order valence-corrected chi connectivity index (χ0v) is 10.9. The number of nitrogens with zero attached hydrogens (tertiary/aromatic N) is 3. The number of aromatic nitrogens is 3. The van der Waals surface area contributed by atoms with Crippen LogP contribution in [0.2, 0.25) is 0 Å². The molecular formula is C8H9Cl3N4O. The summed E-state index contributed by atoms with van der Waals surface area (Å²) < 4.78 is -1.74. The minimum Gasteiger partial charge on any atom is -0.294 e. The van der Waals surface area contributed by atoms with Gasteiger partial charge in [-0.25, -0.2) is 4.98 Å². The highest BCUT2D eigenvalue weighted by molar-refractivity contribution is 6.66. The summed E-state index contributed by atoms with van der Waals surface area (Å²) in [5, 5.41) is 2.47. The van der Waals surface area contributed by atoms with Crippen molar-refractivity contribution in [3.63, 3.8) is 0 Å². The molecule has 1 rings (SSSR count). The Morgan fingerprint density at radius 3 is 2.44 bits per heavy atom. The van der Waals surface area contributed by atoms with Gasteiger partial charge in [-0.15, -0.1) is 0 Å². The van der Waals surface area contributed by atoms with Gasteiger partial charge in [0.2, 0.25) is 15.6 Å². The molecule has 1 heterocycles. The Morgan fingerprint density at radius 2 is 1.94 bits per heavy atom. The summed E-state index contributed by atoms with van der Waals surface area (Å²) in [6.45, 7) is 3.32. The fourth-order valence-corrected chi connectivity index (χ4v) is 1.13. The van der Waals surface area contributed by atoms with Crippen LogP contribution in [0, 0.1) is 6.92 Å². The standard InChI is InChI=1S/C8H9Cl3N4O/c1-3-5(16)14-7-13-4(2)12-6(15-7)8(9,10)11/h3H2,1-2H3,(H,12,13,14,15,16). The fraction of sp³-hybridized carbons (Fsp3) is 0.500. The summed E-state index contributed by atoms with van der Waals surface area (Å²) in [5.74, 6) is 0.209. The van der Waals surface area contributed by atoms with E-state index < -0.39 is 3.79 Å². The van der Waals surface area contributed by atoms with Gasteiger partial charge in [0.1, 0.15) is 5.82 Å². The zero-order chi connectivity index (χ0) is 12.3. The van der Waals surface area contributed by atoms with Crippen LogP contribution in [0.5, 0.6) is 0 Å². The van der Waals surface area contributed by atoms with E-state index in [1.165, 1.54) is 0 Å². The number of rotatable bonds is 2. The second kappa shape index (κ2) is 5.12. The lowest BCUT2D eigenvalue weighted by Crippen LogP contribution is -2.17. The van der Waals surface area contributed by atoms with Gasteiger partial charge >= 0.3 is 0 Å². The number of carbonyl (C=O) groups excluding carboxylic acids is 1. The number of hydrogen-bond acceptors (Lipinski definition) is 4. The molecular weight excluding hydrogens is 274 g/mol. The van der Waals surface area contributed by atoms with Crippen molar-refractivity contribution < 1.29 is 4.79 Å². The summed E-state index contributed by atoms with van der Waals surface area (Å²) in [6, 6.07) is 0. The van der Waals surface area contributed by atoms with E-state index in [4.69, 9.17) is 34.8 Å². The third-order valence-corrected chi connectivity index (χ3v) is 2.08. The van der Waals surface area contributed by atoms with Crippen LogP contribution in [0.4, 0.5) is 5.95 Å². The average Bonchev–Trinajstić information content (AvgIpc) is 2.15. The topological polar surface area (TPSA) is 67.8 Å². The van der Waals surface area contributed by atoms with Gasteiger partial charge in [-0.3, -0.25) is 10.1 Å². The van der Waals surface area contributed by atoms with E-state index >= 15 is 0 Å². The number of alkyl halides is 3. The Kier molecular flexibility index (Phi) is 4.29. The monoisotopic (exact) mass is 282 g/mol. The van der Waals surface area contributed by atoms with Crippen LogP contribution >= 0.6 is 34.8 Å². The van der Waals surface area contributed by atoms with Crippen LogP contribution in [0.3, 0.4) is 0 Å². The molecule has 0 aliphatic carbocycles. The van der Waals surface area contributed by atoms with E-state index in [9.17, 15) is 4.79 Å². The van der Waals surface area contributed by atoms with Gasteiger partial charge in [0.15, 0.2) is 5.82 Å². The molecule has 0 atom stereocenters. The summed E-state index contributed by atoms with van der Waals surface area (Å²) in [6.07, 6.45) is 0.313. The Bertz CT molecular complexity index is 405. The first kappa shape index (κ1) is 13.4. The molecule has 16 heavy (non-hydrogen) atoms. The molecule has 8 heteroatoms. The lowest BCUT2D eigenvalue weighted by Gasteiger charge is -2.11. The molecule has 1 aromatic heterocycles. The Balaban J connectivity index is 3.04. The SMILES string of the molecule is CCC(=O)Nc1nc(C)nc(C(Cl)(Cl)Cl)n1. The molecule has 0 aromatic carbocycles. The van der Waals surface area contributed by atoms with Crippen molar-refractivity contribution in [3.05, 3.63) is 11.6 Å². The van der Waals surface area contributed by atoms with E-state index in [-0.39, 0.29) is 17.7 Å². The minimum absolute atomic E-state index is 0.0172. The van der Waals surface area contributed by atoms with Gasteiger partial charge in [0.05, 0.1) is 0 Å². The maximum absolute atomic E-state index is 11.1. The second-order valence-electron chi connectivity index (χ2n) is 2.93. The maximum atomic E-state index is 11.1. The minimum atomic E-state index is -1.74. The smallest absolute Gasteiger partial charge is 0.250 e. The first-order valence-electron chi connectivity index (χ1n) is 4.42. The van der Waals surface area contributed by atoms with E-state index in [1.54, 1.807) is 13.8 Å². The number of aryl methyl sites for hydroxylation is 1. The first-order valence-corrected chi connectivity index (χ1v) is 5.56. The van der Waals surface area contributed by atoms with Crippen molar-refractivity contribution in [3.8, 4) is 0 Å². The molecule has 0 spiro atoms. The molecule has 0 radical (unpaired) electrons. The summed E-state index contributed by atoms with van der Waals surface area (Å²) in [4.78, 5) is 22.8. The highest BCUT2D eigenvalue weighted by atomic mass is 35.6. The first-order chi connectivity index (χ1) is 7.32. The average molecular weight is 284 g/mol. The summed E-state index contributed by atoms with van der Waals surface area (Å²) in [5.41, 5.74) is 0. The van der Waals surface area contributed by atoms with E-state index in [1.807, 2.05) is 0 Å². The Labute approximate surface area is 108 Å². The third-order valence-electron chi connectivity index (χ3n) is 1.57. The van der Waals surface area contributed by atoms with Crippen LogP contribution in [-0.4, -0.2) is 20.9 Å². The highest BCUT2D eigenvalue weighted by Gasteiger charge is 2.27. The number of anilines is 1. The van der Waals surface area contributed by atoms with Gasteiger partial charge in [0.25, 0.3) is 0 Å². The van der Waals surface area contributed by atoms with Crippen molar-refractivity contribution in [2.45, 2.75) is 24.1 Å². The van der Waals surface area contributed by atoms with E-state index in [0.717, 1.165) is 0 Å². The molecule has 0 aliphatic rings. The number of amides is 1. The van der Waals surface area contributed by atoms with Crippen molar-refractivity contribution in [2.24, 2.45) is 0 Å². The lowest BCUT2D eigenvalue weighted by molar-refractivity contribution is -0.115. The molecule has 1 aromatic rings. The third kappa shape index (κ3) is 3.73.